The lowest BCUT2D eigenvalue weighted by Gasteiger charge is -2.40. The molecule has 0 radical (unpaired) electrons. The highest BCUT2D eigenvalue weighted by molar-refractivity contribution is 5.81. The Kier molecular flexibility index (Phi) is 6.40. The van der Waals surface area contributed by atoms with E-state index in [0.29, 0.717) is 11.4 Å². The van der Waals surface area contributed by atoms with E-state index in [1.807, 2.05) is 16.8 Å². The van der Waals surface area contributed by atoms with Crippen molar-refractivity contribution in [3.63, 3.8) is 0 Å². The highest BCUT2D eigenvalue weighted by Crippen LogP contribution is 2.32. The third kappa shape index (κ3) is 4.66. The number of pyridine rings is 1. The van der Waals surface area contributed by atoms with Crippen molar-refractivity contribution in [2.24, 2.45) is 0 Å². The van der Waals surface area contributed by atoms with Crippen molar-refractivity contribution < 1.29 is 0 Å². The Balaban J connectivity index is 1.57. The fourth-order valence-electron chi connectivity index (χ4n) is 5.34. The molecule has 3 heterocycles. The van der Waals surface area contributed by atoms with Gasteiger partial charge in [0.2, 0.25) is 0 Å². The second kappa shape index (κ2) is 9.41. The van der Waals surface area contributed by atoms with Gasteiger partial charge < -0.3 is 9.88 Å². The molecule has 1 aliphatic heterocycles. The molecule has 1 aliphatic rings. The second-order valence-electron chi connectivity index (χ2n) is 11.3. The molecule has 8 heteroatoms. The van der Waals surface area contributed by atoms with Gasteiger partial charge in [0.05, 0.1) is 5.54 Å². The lowest BCUT2D eigenvalue weighted by atomic mass is 9.99. The number of piperazine rings is 1. The summed E-state index contributed by atoms with van der Waals surface area (Å²) in [4.78, 5) is 21.5. The van der Waals surface area contributed by atoms with Crippen LogP contribution in [0.3, 0.4) is 0 Å². The second-order valence-corrected chi connectivity index (χ2v) is 11.3. The molecule has 0 bridgehead atoms. The molecule has 1 saturated heterocycles. The van der Waals surface area contributed by atoms with Crippen LogP contribution in [0.5, 0.6) is 0 Å². The quantitative estimate of drug-likeness (QED) is 0.448. The zero-order valence-electron chi connectivity index (χ0n) is 23.0. The lowest BCUT2D eigenvalue weighted by molar-refractivity contribution is 0.190. The fourth-order valence-corrected chi connectivity index (χ4v) is 5.34. The van der Waals surface area contributed by atoms with E-state index in [-0.39, 0.29) is 17.1 Å². The van der Waals surface area contributed by atoms with Crippen LogP contribution >= 0.6 is 0 Å². The zero-order chi connectivity index (χ0) is 26.5. The molecule has 0 aliphatic carbocycles. The monoisotopic (exact) mass is 499 g/mol. The number of aromatic amines is 1. The van der Waals surface area contributed by atoms with Crippen molar-refractivity contribution in [3.05, 3.63) is 80.4 Å². The summed E-state index contributed by atoms with van der Waals surface area (Å²) in [6.45, 7) is 18.1. The van der Waals surface area contributed by atoms with Crippen LogP contribution in [-0.4, -0.2) is 56.3 Å². The van der Waals surface area contributed by atoms with Gasteiger partial charge in [0.15, 0.2) is 5.82 Å². The lowest BCUT2D eigenvalue weighted by Crippen LogP contribution is -2.49. The average Bonchev–Trinajstić information content (AvgIpc) is 3.33. The van der Waals surface area contributed by atoms with E-state index in [9.17, 15) is 4.79 Å². The molecule has 1 fully saturated rings. The minimum absolute atomic E-state index is 0.0961. The molecular formula is C29H37N7O. The van der Waals surface area contributed by atoms with E-state index in [2.05, 4.69) is 103 Å². The Hall–Kier alpha value is -3.52. The molecule has 1 unspecified atom stereocenters. The van der Waals surface area contributed by atoms with Crippen molar-refractivity contribution in [1.29, 1.82) is 0 Å². The molecule has 4 aromatic rings. The maximum absolute atomic E-state index is 13.6. The highest BCUT2D eigenvalue weighted by Gasteiger charge is 2.35. The SMILES string of the molecule is Cc1cc2cc(C(c3nnnn3C(C)(C)C)N3CCN(c4cccc(C)c4C)CC3)c(=O)[nH]c2cc1C. The summed E-state index contributed by atoms with van der Waals surface area (Å²) in [6, 6.07) is 12.4. The Labute approximate surface area is 218 Å². The first-order chi connectivity index (χ1) is 17.5. The third-order valence-corrected chi connectivity index (χ3v) is 7.75. The van der Waals surface area contributed by atoms with Gasteiger partial charge in [-0.2, -0.15) is 0 Å². The molecule has 37 heavy (non-hydrogen) atoms. The molecule has 1 N–H and O–H groups in total. The van der Waals surface area contributed by atoms with Crippen LogP contribution in [0.2, 0.25) is 0 Å². The molecule has 8 nitrogen and oxygen atoms in total. The third-order valence-electron chi connectivity index (χ3n) is 7.75. The van der Waals surface area contributed by atoms with Gasteiger partial charge in [-0.1, -0.05) is 12.1 Å². The average molecular weight is 500 g/mol. The predicted octanol–water partition coefficient (Wildman–Crippen LogP) is 4.41. The van der Waals surface area contributed by atoms with Crippen LogP contribution in [0.1, 0.15) is 60.5 Å². The van der Waals surface area contributed by atoms with E-state index in [1.54, 1.807) is 0 Å². The molecule has 5 rings (SSSR count). The number of benzene rings is 2. The number of H-pyrrole nitrogens is 1. The maximum Gasteiger partial charge on any atom is 0.253 e. The molecule has 1 atom stereocenters. The number of fused-ring (bicyclic) bond motifs is 1. The molecule has 0 amide bonds. The smallest absolute Gasteiger partial charge is 0.253 e. The minimum Gasteiger partial charge on any atom is -0.369 e. The predicted molar refractivity (Wildman–Crippen MR) is 148 cm³/mol. The van der Waals surface area contributed by atoms with E-state index in [4.69, 9.17) is 0 Å². The summed E-state index contributed by atoms with van der Waals surface area (Å²) in [5.74, 6) is 0.696. The summed E-state index contributed by atoms with van der Waals surface area (Å²) in [5.41, 5.74) is 7.37. The van der Waals surface area contributed by atoms with E-state index in [0.717, 1.165) is 42.6 Å². The highest BCUT2D eigenvalue weighted by atomic mass is 16.1. The molecule has 0 spiro atoms. The summed E-state index contributed by atoms with van der Waals surface area (Å²) in [7, 11) is 0. The van der Waals surface area contributed by atoms with E-state index >= 15 is 0 Å². The summed E-state index contributed by atoms with van der Waals surface area (Å²) in [6.07, 6.45) is 0. The van der Waals surface area contributed by atoms with Crippen molar-refractivity contribution in [2.75, 3.05) is 31.1 Å². The Morgan fingerprint density at radius 3 is 2.32 bits per heavy atom. The number of nitrogens with one attached hydrogen (secondary N) is 1. The van der Waals surface area contributed by atoms with Gasteiger partial charge in [-0.25, -0.2) is 4.68 Å². The summed E-state index contributed by atoms with van der Waals surface area (Å²) in [5, 5.41) is 13.9. The van der Waals surface area contributed by atoms with Crippen LogP contribution < -0.4 is 10.5 Å². The fraction of sp³-hybridized carbons (Fsp3) is 0.448. The van der Waals surface area contributed by atoms with Gasteiger partial charge >= 0.3 is 0 Å². The topological polar surface area (TPSA) is 82.9 Å². The number of hydrogen-bond donors (Lipinski definition) is 1. The first-order valence-corrected chi connectivity index (χ1v) is 13.0. The normalized spacial score (nSPS) is 15.9. The van der Waals surface area contributed by atoms with Crippen molar-refractivity contribution in [3.8, 4) is 0 Å². The van der Waals surface area contributed by atoms with Gasteiger partial charge in [0.1, 0.15) is 6.04 Å². The van der Waals surface area contributed by atoms with Crippen molar-refractivity contribution in [2.45, 2.75) is 60.0 Å². The number of hydrogen-bond acceptors (Lipinski definition) is 6. The Morgan fingerprint density at radius 1 is 0.919 bits per heavy atom. The van der Waals surface area contributed by atoms with Gasteiger partial charge in [-0.15, -0.1) is 5.10 Å². The van der Waals surface area contributed by atoms with Crippen LogP contribution in [-0.2, 0) is 5.54 Å². The van der Waals surface area contributed by atoms with Gasteiger partial charge in [0, 0.05) is 42.9 Å². The number of aromatic nitrogens is 5. The molecular weight excluding hydrogens is 462 g/mol. The molecule has 2 aromatic carbocycles. The molecule has 0 saturated carbocycles. The summed E-state index contributed by atoms with van der Waals surface area (Å²) < 4.78 is 1.86. The summed E-state index contributed by atoms with van der Waals surface area (Å²) >= 11 is 0. The van der Waals surface area contributed by atoms with E-state index < -0.39 is 0 Å². The van der Waals surface area contributed by atoms with Crippen LogP contribution in [0.15, 0.2) is 41.2 Å². The number of nitrogens with zero attached hydrogens (tertiary/aromatic N) is 6. The van der Waals surface area contributed by atoms with Gasteiger partial charge in [-0.05, 0) is 111 Å². The number of rotatable bonds is 4. The van der Waals surface area contributed by atoms with Crippen LogP contribution in [0.25, 0.3) is 10.9 Å². The largest absolute Gasteiger partial charge is 0.369 e. The van der Waals surface area contributed by atoms with Crippen molar-refractivity contribution >= 4 is 16.6 Å². The van der Waals surface area contributed by atoms with Crippen LogP contribution in [0, 0.1) is 27.7 Å². The molecule has 2 aromatic heterocycles. The van der Waals surface area contributed by atoms with Gasteiger partial charge in [-0.3, -0.25) is 9.69 Å². The first kappa shape index (κ1) is 25.1. The first-order valence-electron chi connectivity index (χ1n) is 13.0. The van der Waals surface area contributed by atoms with Gasteiger partial charge in [0.25, 0.3) is 5.56 Å². The van der Waals surface area contributed by atoms with Crippen molar-refractivity contribution in [1.82, 2.24) is 30.1 Å². The Morgan fingerprint density at radius 2 is 1.62 bits per heavy atom. The zero-order valence-corrected chi connectivity index (χ0v) is 23.0. The van der Waals surface area contributed by atoms with E-state index in [1.165, 1.54) is 22.4 Å². The minimum atomic E-state index is -0.357. The Bertz CT molecular complexity index is 1500. The van der Waals surface area contributed by atoms with Crippen LogP contribution in [0.4, 0.5) is 5.69 Å². The molecule has 194 valence electrons. The number of anilines is 1. The maximum atomic E-state index is 13.6. The standard InChI is InChI=1S/C29H37N7O/c1-18-9-8-10-25(21(18)4)34-11-13-35(14-12-34)26(27-31-32-33-36(27)29(5,6)7)23-17-22-15-19(2)20(3)16-24(22)30-28(23)37/h8-10,15-17,26H,11-14H2,1-7H3,(H,30,37). The number of aryl methyl sites for hydroxylation is 3. The number of tetrazole rings is 1.